The summed E-state index contributed by atoms with van der Waals surface area (Å²) < 4.78 is 7.05. The van der Waals surface area contributed by atoms with Crippen LogP contribution in [0.2, 0.25) is 5.02 Å². The van der Waals surface area contributed by atoms with E-state index in [0.29, 0.717) is 0 Å². The standard InChI is InChI=1S/C16H15BrClNOS/c1-2-7-19-14(16-12(18)6-8-21-16)13-9-10-4-3-5-11(17)15(10)20-13/h3-6,8-9,14,19H,2,7H2,1H3. The molecule has 2 nitrogen and oxygen atoms in total. The molecule has 1 N–H and O–H groups in total. The van der Waals surface area contributed by atoms with E-state index in [1.165, 1.54) is 0 Å². The number of rotatable bonds is 5. The van der Waals surface area contributed by atoms with Gasteiger partial charge in [0, 0.05) is 10.3 Å². The summed E-state index contributed by atoms with van der Waals surface area (Å²) >= 11 is 11.5. The van der Waals surface area contributed by atoms with Crippen LogP contribution in [0.5, 0.6) is 0 Å². The molecule has 3 aromatic rings. The summed E-state index contributed by atoms with van der Waals surface area (Å²) in [6.07, 6.45) is 1.06. The summed E-state index contributed by atoms with van der Waals surface area (Å²) in [5.41, 5.74) is 0.878. The Morgan fingerprint density at radius 2 is 2.24 bits per heavy atom. The van der Waals surface area contributed by atoms with Crippen LogP contribution in [-0.4, -0.2) is 6.54 Å². The van der Waals surface area contributed by atoms with Crippen LogP contribution in [0.1, 0.15) is 30.0 Å². The van der Waals surface area contributed by atoms with Crippen LogP contribution >= 0.6 is 38.9 Å². The zero-order chi connectivity index (χ0) is 14.8. The molecule has 0 amide bonds. The number of halogens is 2. The fourth-order valence-corrected chi connectivity index (χ4v) is 4.02. The molecule has 0 aliphatic heterocycles. The van der Waals surface area contributed by atoms with Crippen LogP contribution in [0.25, 0.3) is 11.0 Å². The van der Waals surface area contributed by atoms with Gasteiger partial charge in [-0.2, -0.15) is 0 Å². The predicted molar refractivity (Wildman–Crippen MR) is 93.4 cm³/mol. The quantitative estimate of drug-likeness (QED) is 0.583. The number of furan rings is 1. The summed E-state index contributed by atoms with van der Waals surface area (Å²) in [7, 11) is 0. The van der Waals surface area contributed by atoms with Crippen molar-refractivity contribution >= 4 is 49.8 Å². The molecule has 0 radical (unpaired) electrons. The molecule has 0 bridgehead atoms. The summed E-state index contributed by atoms with van der Waals surface area (Å²) in [6.45, 7) is 3.06. The van der Waals surface area contributed by atoms with Gasteiger partial charge in [0.2, 0.25) is 0 Å². The van der Waals surface area contributed by atoms with Crippen molar-refractivity contribution in [2.75, 3.05) is 6.54 Å². The van der Waals surface area contributed by atoms with Gasteiger partial charge >= 0.3 is 0 Å². The summed E-state index contributed by atoms with van der Waals surface area (Å²) in [6, 6.07) is 10.1. The van der Waals surface area contributed by atoms with Crippen LogP contribution in [0.15, 0.2) is 44.6 Å². The molecule has 0 saturated heterocycles. The normalized spacial score (nSPS) is 12.9. The lowest BCUT2D eigenvalue weighted by Crippen LogP contribution is -2.22. The Hall–Kier alpha value is -0.810. The number of nitrogens with one attached hydrogen (secondary N) is 1. The van der Waals surface area contributed by atoms with Crippen molar-refractivity contribution in [1.82, 2.24) is 5.32 Å². The first-order chi connectivity index (χ1) is 10.2. The van der Waals surface area contributed by atoms with Crippen LogP contribution < -0.4 is 5.32 Å². The number of para-hydroxylation sites is 1. The Balaban J connectivity index is 2.05. The average Bonchev–Trinajstić information content (AvgIpc) is 3.07. The van der Waals surface area contributed by atoms with E-state index in [1.807, 2.05) is 23.6 Å². The van der Waals surface area contributed by atoms with Crippen LogP contribution in [-0.2, 0) is 0 Å². The Labute approximate surface area is 141 Å². The minimum atomic E-state index is -0.00301. The van der Waals surface area contributed by atoms with Gasteiger partial charge in [0.15, 0.2) is 0 Å². The molecule has 0 spiro atoms. The second kappa shape index (κ2) is 6.53. The van der Waals surface area contributed by atoms with Crippen molar-refractivity contribution in [2.24, 2.45) is 0 Å². The van der Waals surface area contributed by atoms with Gasteiger partial charge in [0.05, 0.1) is 9.50 Å². The lowest BCUT2D eigenvalue weighted by Gasteiger charge is -2.15. The molecule has 3 rings (SSSR count). The molecule has 21 heavy (non-hydrogen) atoms. The SMILES string of the molecule is CCCNC(c1cc2cccc(Br)c2o1)c1sccc1Cl. The highest BCUT2D eigenvalue weighted by molar-refractivity contribution is 9.10. The fourth-order valence-electron chi connectivity index (χ4n) is 2.31. The highest BCUT2D eigenvalue weighted by Gasteiger charge is 2.22. The van der Waals surface area contributed by atoms with Crippen molar-refractivity contribution in [3.05, 3.63) is 55.8 Å². The van der Waals surface area contributed by atoms with Gasteiger partial charge in [-0.1, -0.05) is 30.7 Å². The molecule has 1 aromatic carbocycles. The van der Waals surface area contributed by atoms with Gasteiger partial charge in [-0.25, -0.2) is 0 Å². The van der Waals surface area contributed by atoms with E-state index in [-0.39, 0.29) is 6.04 Å². The first-order valence-corrected chi connectivity index (χ1v) is 8.90. The van der Waals surface area contributed by atoms with Crippen molar-refractivity contribution in [1.29, 1.82) is 0 Å². The van der Waals surface area contributed by atoms with E-state index in [1.54, 1.807) is 11.3 Å². The molecule has 2 heterocycles. The summed E-state index contributed by atoms with van der Waals surface area (Å²) in [4.78, 5) is 1.10. The molecule has 1 unspecified atom stereocenters. The minimum absolute atomic E-state index is 0.00301. The third-order valence-corrected chi connectivity index (χ3v) is 5.35. The number of thiophene rings is 1. The molecule has 110 valence electrons. The van der Waals surface area contributed by atoms with E-state index in [9.17, 15) is 0 Å². The molecule has 0 saturated carbocycles. The molecule has 0 aliphatic carbocycles. The van der Waals surface area contributed by atoms with Gasteiger partial charge in [-0.3, -0.25) is 0 Å². The molecule has 1 atom stereocenters. The molecular formula is C16H15BrClNOS. The molecule has 2 aromatic heterocycles. The predicted octanol–water partition coefficient (Wildman–Crippen LogP) is 6.00. The van der Waals surface area contributed by atoms with Crippen molar-refractivity contribution in [3.63, 3.8) is 0 Å². The smallest absolute Gasteiger partial charge is 0.148 e. The van der Waals surface area contributed by atoms with E-state index in [4.69, 9.17) is 16.0 Å². The van der Waals surface area contributed by atoms with Crippen LogP contribution in [0, 0.1) is 0 Å². The second-order valence-electron chi connectivity index (χ2n) is 4.83. The third kappa shape index (κ3) is 3.04. The largest absolute Gasteiger partial charge is 0.458 e. The molecule has 5 heteroatoms. The summed E-state index contributed by atoms with van der Waals surface area (Å²) in [5.74, 6) is 0.898. The van der Waals surface area contributed by atoms with E-state index < -0.39 is 0 Å². The van der Waals surface area contributed by atoms with Gasteiger partial charge in [-0.15, -0.1) is 11.3 Å². The second-order valence-corrected chi connectivity index (χ2v) is 7.04. The van der Waals surface area contributed by atoms with Gasteiger partial charge in [-0.05, 0) is 52.5 Å². The molecular weight excluding hydrogens is 370 g/mol. The maximum absolute atomic E-state index is 6.31. The zero-order valence-corrected chi connectivity index (χ0v) is 14.7. The number of benzene rings is 1. The monoisotopic (exact) mass is 383 g/mol. The van der Waals surface area contributed by atoms with Crippen molar-refractivity contribution < 1.29 is 4.42 Å². The van der Waals surface area contributed by atoms with E-state index >= 15 is 0 Å². The number of hydrogen-bond acceptors (Lipinski definition) is 3. The lowest BCUT2D eigenvalue weighted by atomic mass is 10.1. The zero-order valence-electron chi connectivity index (χ0n) is 11.5. The van der Waals surface area contributed by atoms with Crippen molar-refractivity contribution in [2.45, 2.75) is 19.4 Å². The Morgan fingerprint density at radius 1 is 1.38 bits per heavy atom. The van der Waals surface area contributed by atoms with E-state index in [0.717, 1.165) is 44.1 Å². The first kappa shape index (κ1) is 15.1. The average molecular weight is 385 g/mol. The maximum Gasteiger partial charge on any atom is 0.148 e. The van der Waals surface area contributed by atoms with Crippen LogP contribution in [0.3, 0.4) is 0 Å². The number of hydrogen-bond donors (Lipinski definition) is 1. The first-order valence-electron chi connectivity index (χ1n) is 6.85. The Morgan fingerprint density at radius 3 is 2.90 bits per heavy atom. The Bertz CT molecular complexity index is 752. The van der Waals surface area contributed by atoms with Crippen molar-refractivity contribution in [3.8, 4) is 0 Å². The highest BCUT2D eigenvalue weighted by Crippen LogP contribution is 2.36. The van der Waals surface area contributed by atoms with Crippen LogP contribution in [0.4, 0.5) is 0 Å². The highest BCUT2D eigenvalue weighted by atomic mass is 79.9. The maximum atomic E-state index is 6.31. The van der Waals surface area contributed by atoms with Gasteiger partial charge < -0.3 is 9.73 Å². The third-order valence-electron chi connectivity index (χ3n) is 3.31. The van der Waals surface area contributed by atoms with Gasteiger partial charge in [0.25, 0.3) is 0 Å². The van der Waals surface area contributed by atoms with Gasteiger partial charge in [0.1, 0.15) is 17.4 Å². The molecule has 0 fully saturated rings. The summed E-state index contributed by atoms with van der Waals surface area (Å²) in [5, 5.41) is 7.42. The van der Waals surface area contributed by atoms with E-state index in [2.05, 4.69) is 40.3 Å². The molecule has 0 aliphatic rings. The minimum Gasteiger partial charge on any atom is -0.458 e. The lowest BCUT2D eigenvalue weighted by molar-refractivity contribution is 0.473. The number of fused-ring (bicyclic) bond motifs is 1. The fraction of sp³-hybridized carbons (Fsp3) is 0.250. The topological polar surface area (TPSA) is 25.2 Å². The Kier molecular flexibility index (Phi) is 4.69.